The molecule has 0 radical (unpaired) electrons. The van der Waals surface area contributed by atoms with Crippen LogP contribution in [0.2, 0.25) is 0 Å². The Balaban J connectivity index is 1.51. The summed E-state index contributed by atoms with van der Waals surface area (Å²) in [6.07, 6.45) is 3.65. The zero-order chi connectivity index (χ0) is 17.6. The van der Waals surface area contributed by atoms with Crippen molar-refractivity contribution in [1.82, 2.24) is 15.1 Å². The fraction of sp³-hybridized carbons (Fsp3) is 0.222. The molecule has 25 heavy (non-hydrogen) atoms. The van der Waals surface area contributed by atoms with Crippen molar-refractivity contribution in [2.45, 2.75) is 26.6 Å². The normalized spacial score (nSPS) is 10.6. The van der Waals surface area contributed by atoms with Crippen LogP contribution in [0.4, 0.5) is 0 Å². The van der Waals surface area contributed by atoms with Gasteiger partial charge in [-0.05, 0) is 65.9 Å². The van der Waals surface area contributed by atoms with Crippen LogP contribution >= 0.6 is 22.6 Å². The Morgan fingerprint density at radius 1 is 1.28 bits per heavy atom. The van der Waals surface area contributed by atoms with Crippen molar-refractivity contribution in [3.05, 3.63) is 69.4 Å². The first kappa shape index (κ1) is 17.5. The maximum Gasteiger partial charge on any atom is 0.287 e. The van der Waals surface area contributed by atoms with Crippen LogP contribution in [0.25, 0.3) is 0 Å². The SMILES string of the molecule is CCn1cc(CNC(=O)c2ccc(COc3ccc(I)cc3)o2)cn1. The van der Waals surface area contributed by atoms with Crippen LogP contribution < -0.4 is 10.1 Å². The van der Waals surface area contributed by atoms with Gasteiger partial charge in [-0.2, -0.15) is 5.10 Å². The first-order valence-corrected chi connectivity index (χ1v) is 8.98. The molecule has 0 aliphatic heterocycles. The van der Waals surface area contributed by atoms with E-state index in [9.17, 15) is 4.79 Å². The lowest BCUT2D eigenvalue weighted by molar-refractivity contribution is 0.0919. The number of furan rings is 1. The van der Waals surface area contributed by atoms with Crippen molar-refractivity contribution < 1.29 is 13.9 Å². The molecule has 0 fully saturated rings. The molecule has 1 amide bonds. The first-order valence-electron chi connectivity index (χ1n) is 7.90. The highest BCUT2D eigenvalue weighted by Gasteiger charge is 2.11. The minimum absolute atomic E-state index is 0.259. The molecule has 0 aliphatic rings. The minimum Gasteiger partial charge on any atom is -0.486 e. The molecule has 1 N–H and O–H groups in total. The highest BCUT2D eigenvalue weighted by atomic mass is 127. The summed E-state index contributed by atoms with van der Waals surface area (Å²) in [7, 11) is 0. The van der Waals surface area contributed by atoms with Gasteiger partial charge in [-0.1, -0.05) is 0 Å². The van der Waals surface area contributed by atoms with Crippen molar-refractivity contribution in [3.63, 3.8) is 0 Å². The molecule has 7 heteroatoms. The number of hydrogen-bond acceptors (Lipinski definition) is 4. The van der Waals surface area contributed by atoms with Gasteiger partial charge < -0.3 is 14.5 Å². The third-order valence-corrected chi connectivity index (χ3v) is 4.26. The molecule has 0 bridgehead atoms. The highest BCUT2D eigenvalue weighted by Crippen LogP contribution is 2.16. The minimum atomic E-state index is -0.259. The van der Waals surface area contributed by atoms with Crippen LogP contribution in [-0.2, 0) is 19.7 Å². The maximum absolute atomic E-state index is 12.1. The predicted molar refractivity (Wildman–Crippen MR) is 101 cm³/mol. The van der Waals surface area contributed by atoms with E-state index in [4.69, 9.17) is 9.15 Å². The lowest BCUT2D eigenvalue weighted by Crippen LogP contribution is -2.22. The average Bonchev–Trinajstić information content (AvgIpc) is 3.28. The standard InChI is InChI=1S/C18H18IN3O3/c1-2-22-11-13(10-21-22)9-20-18(23)17-8-7-16(25-17)12-24-15-5-3-14(19)4-6-15/h3-8,10-11H,2,9,12H2,1H3,(H,20,23). The molecule has 0 spiro atoms. The molecule has 2 heterocycles. The van der Waals surface area contributed by atoms with E-state index in [1.807, 2.05) is 42.1 Å². The van der Waals surface area contributed by atoms with Crippen molar-refractivity contribution >= 4 is 28.5 Å². The summed E-state index contributed by atoms with van der Waals surface area (Å²) in [6, 6.07) is 11.1. The molecule has 6 nitrogen and oxygen atoms in total. The Bertz CT molecular complexity index is 839. The van der Waals surface area contributed by atoms with Crippen molar-refractivity contribution in [3.8, 4) is 5.75 Å². The summed E-state index contributed by atoms with van der Waals surface area (Å²) >= 11 is 2.24. The predicted octanol–water partition coefficient (Wildman–Crippen LogP) is 3.61. The third-order valence-electron chi connectivity index (χ3n) is 3.54. The molecule has 0 atom stereocenters. The summed E-state index contributed by atoms with van der Waals surface area (Å²) < 4.78 is 14.1. The number of halogens is 1. The molecule has 0 saturated heterocycles. The van der Waals surface area contributed by atoms with E-state index in [0.717, 1.165) is 21.4 Å². The van der Waals surface area contributed by atoms with Gasteiger partial charge in [0.05, 0.1) is 6.20 Å². The van der Waals surface area contributed by atoms with E-state index in [1.165, 1.54) is 0 Å². The van der Waals surface area contributed by atoms with Crippen LogP contribution in [-0.4, -0.2) is 15.7 Å². The third kappa shape index (κ3) is 4.85. The summed E-state index contributed by atoms with van der Waals surface area (Å²) in [5.41, 5.74) is 0.948. The van der Waals surface area contributed by atoms with E-state index in [1.54, 1.807) is 18.3 Å². The van der Waals surface area contributed by atoms with E-state index in [0.29, 0.717) is 12.3 Å². The van der Waals surface area contributed by atoms with Crippen LogP contribution in [0.3, 0.4) is 0 Å². The van der Waals surface area contributed by atoms with Crippen LogP contribution in [0.5, 0.6) is 5.75 Å². The number of amides is 1. The van der Waals surface area contributed by atoms with Crippen molar-refractivity contribution in [2.75, 3.05) is 0 Å². The van der Waals surface area contributed by atoms with E-state index in [-0.39, 0.29) is 18.3 Å². The summed E-state index contributed by atoms with van der Waals surface area (Å²) in [5.74, 6) is 1.37. The van der Waals surface area contributed by atoms with Crippen LogP contribution in [0.15, 0.2) is 53.2 Å². The Hall–Kier alpha value is -2.29. The first-order chi connectivity index (χ1) is 12.1. The van der Waals surface area contributed by atoms with Gasteiger partial charge >= 0.3 is 0 Å². The number of nitrogens with one attached hydrogen (secondary N) is 1. The lowest BCUT2D eigenvalue weighted by Gasteiger charge is -2.04. The quantitative estimate of drug-likeness (QED) is 0.558. The van der Waals surface area contributed by atoms with Gasteiger partial charge in [0.1, 0.15) is 18.1 Å². The lowest BCUT2D eigenvalue weighted by atomic mass is 10.3. The average molecular weight is 451 g/mol. The number of aryl methyl sites for hydroxylation is 1. The number of aromatic nitrogens is 2. The van der Waals surface area contributed by atoms with Gasteiger partial charge in [0, 0.05) is 28.4 Å². The Morgan fingerprint density at radius 3 is 2.80 bits per heavy atom. The fourth-order valence-corrected chi connectivity index (χ4v) is 2.56. The number of nitrogens with zero attached hydrogens (tertiary/aromatic N) is 2. The Kier molecular flexibility index (Phi) is 5.75. The van der Waals surface area contributed by atoms with E-state index in [2.05, 4.69) is 33.0 Å². The molecule has 3 rings (SSSR count). The Morgan fingerprint density at radius 2 is 2.08 bits per heavy atom. The number of hydrogen-bond donors (Lipinski definition) is 1. The zero-order valence-corrected chi connectivity index (χ0v) is 15.9. The second-order valence-corrected chi connectivity index (χ2v) is 6.64. The molecule has 0 unspecified atom stereocenters. The topological polar surface area (TPSA) is 69.3 Å². The summed E-state index contributed by atoms with van der Waals surface area (Å²) in [5, 5.41) is 6.99. The monoisotopic (exact) mass is 451 g/mol. The largest absolute Gasteiger partial charge is 0.486 e. The molecule has 2 aromatic heterocycles. The second kappa shape index (κ2) is 8.19. The van der Waals surface area contributed by atoms with Crippen molar-refractivity contribution in [2.24, 2.45) is 0 Å². The highest BCUT2D eigenvalue weighted by molar-refractivity contribution is 14.1. The van der Waals surface area contributed by atoms with Gasteiger partial charge in [0.15, 0.2) is 5.76 Å². The zero-order valence-electron chi connectivity index (χ0n) is 13.7. The Labute approximate surface area is 159 Å². The number of rotatable bonds is 7. The van der Waals surface area contributed by atoms with E-state index >= 15 is 0 Å². The molecule has 0 saturated carbocycles. The number of benzene rings is 1. The molecule has 130 valence electrons. The van der Waals surface area contributed by atoms with Crippen LogP contribution in [0, 0.1) is 3.57 Å². The smallest absolute Gasteiger partial charge is 0.287 e. The van der Waals surface area contributed by atoms with Gasteiger partial charge in [-0.15, -0.1) is 0 Å². The molecule has 1 aromatic carbocycles. The molecule has 3 aromatic rings. The van der Waals surface area contributed by atoms with Gasteiger partial charge in [-0.3, -0.25) is 9.48 Å². The summed E-state index contributed by atoms with van der Waals surface area (Å²) in [6.45, 7) is 3.50. The number of ether oxygens (including phenoxy) is 1. The van der Waals surface area contributed by atoms with Crippen LogP contribution in [0.1, 0.15) is 28.8 Å². The fourth-order valence-electron chi connectivity index (χ4n) is 2.20. The van der Waals surface area contributed by atoms with Crippen molar-refractivity contribution in [1.29, 1.82) is 0 Å². The summed E-state index contributed by atoms with van der Waals surface area (Å²) in [4.78, 5) is 12.1. The molecular formula is C18H18IN3O3. The number of carbonyl (C=O) groups excluding carboxylic acids is 1. The molecular weight excluding hydrogens is 433 g/mol. The second-order valence-electron chi connectivity index (χ2n) is 5.40. The van der Waals surface area contributed by atoms with Gasteiger partial charge in [0.25, 0.3) is 5.91 Å². The van der Waals surface area contributed by atoms with E-state index < -0.39 is 0 Å². The van der Waals surface area contributed by atoms with Gasteiger partial charge in [0.2, 0.25) is 0 Å². The van der Waals surface area contributed by atoms with Gasteiger partial charge in [-0.25, -0.2) is 0 Å². The number of carbonyl (C=O) groups is 1. The maximum atomic E-state index is 12.1. The molecule has 0 aliphatic carbocycles.